The fourth-order valence-corrected chi connectivity index (χ4v) is 3.94. The Morgan fingerprint density at radius 2 is 0.724 bits per heavy atom. The SMILES string of the molecule is O=P(OCC#CCO)(OCC#CCO)OP(=O)(OCC#CCO)OCC#CCO. The second-order valence-corrected chi connectivity index (χ2v) is 7.59. The van der Waals surface area contributed by atoms with Crippen molar-refractivity contribution in [3.05, 3.63) is 0 Å². The zero-order valence-corrected chi connectivity index (χ0v) is 17.0. The normalized spacial score (nSPS) is 10.3. The number of phosphoric ester groups is 2. The smallest absolute Gasteiger partial charge is 0.384 e. The zero-order valence-electron chi connectivity index (χ0n) is 15.2. The highest BCUT2D eigenvalue weighted by Crippen LogP contribution is 2.65. The number of rotatable bonds is 10. The van der Waals surface area contributed by atoms with Crippen LogP contribution in [0.2, 0.25) is 0 Å². The van der Waals surface area contributed by atoms with Gasteiger partial charge in [0.1, 0.15) is 52.9 Å². The highest BCUT2D eigenvalue weighted by Gasteiger charge is 2.40. The number of phosphoric acid groups is 2. The van der Waals surface area contributed by atoms with Gasteiger partial charge in [0.25, 0.3) is 0 Å². The van der Waals surface area contributed by atoms with E-state index in [0.717, 1.165) is 0 Å². The molecule has 0 saturated carbocycles. The summed E-state index contributed by atoms with van der Waals surface area (Å²) in [7, 11) is -9.22. The van der Waals surface area contributed by atoms with Crippen LogP contribution in [0.5, 0.6) is 0 Å². The first-order chi connectivity index (χ1) is 13.9. The Morgan fingerprint density at radius 3 is 0.931 bits per heavy atom. The van der Waals surface area contributed by atoms with Crippen molar-refractivity contribution in [2.45, 2.75) is 0 Å². The molecule has 4 N–H and O–H groups in total. The minimum atomic E-state index is -4.61. The van der Waals surface area contributed by atoms with E-state index in [1.807, 2.05) is 0 Å². The van der Waals surface area contributed by atoms with E-state index >= 15 is 0 Å². The maximum absolute atomic E-state index is 12.7. The van der Waals surface area contributed by atoms with E-state index in [-0.39, 0.29) is 0 Å². The zero-order chi connectivity index (χ0) is 21.8. The van der Waals surface area contributed by atoms with Gasteiger partial charge in [0, 0.05) is 0 Å². The van der Waals surface area contributed by atoms with Gasteiger partial charge < -0.3 is 20.4 Å². The Labute approximate surface area is 168 Å². The lowest BCUT2D eigenvalue weighted by Crippen LogP contribution is -2.05. The second kappa shape index (κ2) is 17.2. The van der Waals surface area contributed by atoms with Crippen molar-refractivity contribution in [1.82, 2.24) is 0 Å². The van der Waals surface area contributed by atoms with Crippen molar-refractivity contribution in [2.75, 3.05) is 52.9 Å². The van der Waals surface area contributed by atoms with Crippen molar-refractivity contribution >= 4 is 15.6 Å². The Hall–Kier alpha value is -1.66. The molecule has 0 unspecified atom stereocenters. The number of aliphatic hydroxyl groups is 4. The van der Waals surface area contributed by atoms with E-state index in [0.29, 0.717) is 0 Å². The molecule has 0 spiro atoms. The van der Waals surface area contributed by atoms with Crippen LogP contribution < -0.4 is 0 Å². The molecule has 0 aromatic carbocycles. The first-order valence-electron chi connectivity index (χ1n) is 7.71. The predicted octanol–water partition coefficient (Wildman–Crippen LogP) is -0.732. The molecule has 0 bridgehead atoms. The maximum Gasteiger partial charge on any atom is 0.485 e. The molecule has 0 amide bonds. The summed E-state index contributed by atoms with van der Waals surface area (Å²) in [5.41, 5.74) is 0. The van der Waals surface area contributed by atoms with Crippen LogP contribution in [0.4, 0.5) is 0 Å². The molecule has 13 heteroatoms. The number of hydrogen-bond donors (Lipinski definition) is 4. The van der Waals surface area contributed by atoms with Crippen molar-refractivity contribution in [3.8, 4) is 47.4 Å². The van der Waals surface area contributed by atoms with Gasteiger partial charge in [0.15, 0.2) is 0 Å². The topological polar surface area (TPSA) is 161 Å². The van der Waals surface area contributed by atoms with Crippen molar-refractivity contribution in [2.24, 2.45) is 0 Å². The molecule has 11 nitrogen and oxygen atoms in total. The van der Waals surface area contributed by atoms with E-state index in [4.69, 9.17) is 42.8 Å². The van der Waals surface area contributed by atoms with Crippen molar-refractivity contribution in [1.29, 1.82) is 0 Å². The van der Waals surface area contributed by atoms with Gasteiger partial charge in [0.05, 0.1) is 0 Å². The molecule has 0 saturated heterocycles. The molecule has 0 aliphatic rings. The average Bonchev–Trinajstić information content (AvgIpc) is 2.70. The van der Waals surface area contributed by atoms with Gasteiger partial charge in [-0.05, 0) is 0 Å². The summed E-state index contributed by atoms with van der Waals surface area (Å²) < 4.78 is 49.8. The third kappa shape index (κ3) is 14.9. The van der Waals surface area contributed by atoms with Crippen LogP contribution in [-0.2, 0) is 31.5 Å². The van der Waals surface area contributed by atoms with Crippen molar-refractivity contribution in [3.63, 3.8) is 0 Å². The Bertz CT molecular complexity index is 683. The van der Waals surface area contributed by atoms with E-state index in [1.165, 1.54) is 0 Å². The molecular formula is C16H20O11P2. The van der Waals surface area contributed by atoms with Crippen molar-refractivity contribution < 1.29 is 52.0 Å². The third-order valence-corrected chi connectivity index (χ3v) is 5.58. The molecule has 0 fully saturated rings. The van der Waals surface area contributed by atoms with E-state index < -0.39 is 68.5 Å². The van der Waals surface area contributed by atoms with Gasteiger partial charge >= 0.3 is 15.6 Å². The third-order valence-electron chi connectivity index (χ3n) is 2.20. The Balaban J connectivity index is 5.41. The highest BCUT2D eigenvalue weighted by molar-refractivity contribution is 7.62. The fraction of sp³-hybridized carbons (Fsp3) is 0.500. The van der Waals surface area contributed by atoms with Crippen LogP contribution in [0.15, 0.2) is 0 Å². The van der Waals surface area contributed by atoms with Crippen LogP contribution in [0, 0.1) is 47.4 Å². The standard InChI is InChI=1S/C16H20O11P2/c17-9-1-5-13-23-28(21,24-14-6-2-10-18)27-29(22,25-15-7-3-11-19)26-16-8-4-12-20/h17-20H,9-16H2. The summed E-state index contributed by atoms with van der Waals surface area (Å²) in [5, 5.41) is 34.5. The van der Waals surface area contributed by atoms with Crippen LogP contribution in [-0.4, -0.2) is 73.3 Å². The number of hydrogen-bond acceptors (Lipinski definition) is 11. The lowest BCUT2D eigenvalue weighted by atomic mass is 10.6. The van der Waals surface area contributed by atoms with Crippen LogP contribution in [0.3, 0.4) is 0 Å². The molecule has 0 aliphatic heterocycles. The largest absolute Gasteiger partial charge is 0.485 e. The lowest BCUT2D eigenvalue weighted by molar-refractivity contribution is 0.134. The van der Waals surface area contributed by atoms with E-state index in [1.54, 1.807) is 0 Å². The second-order valence-electron chi connectivity index (χ2n) is 4.12. The van der Waals surface area contributed by atoms with E-state index in [9.17, 15) is 9.13 Å². The molecule has 29 heavy (non-hydrogen) atoms. The first-order valence-corrected chi connectivity index (χ1v) is 10.6. The summed E-state index contributed by atoms with van der Waals surface area (Å²) in [6.45, 7) is -4.02. The molecule has 160 valence electrons. The summed E-state index contributed by atoms with van der Waals surface area (Å²) >= 11 is 0. The Kier molecular flexibility index (Phi) is 16.2. The molecule has 0 aromatic heterocycles. The molecule has 0 heterocycles. The monoisotopic (exact) mass is 450 g/mol. The van der Waals surface area contributed by atoms with Gasteiger partial charge in [-0.15, -0.1) is 0 Å². The van der Waals surface area contributed by atoms with E-state index in [2.05, 4.69) is 47.4 Å². The van der Waals surface area contributed by atoms with Gasteiger partial charge in [-0.3, -0.25) is 18.1 Å². The van der Waals surface area contributed by atoms with Gasteiger partial charge in [-0.25, -0.2) is 9.13 Å². The molecule has 0 aliphatic carbocycles. The molecule has 0 rings (SSSR count). The average molecular weight is 450 g/mol. The van der Waals surface area contributed by atoms with Crippen LogP contribution in [0.1, 0.15) is 0 Å². The molecular weight excluding hydrogens is 430 g/mol. The molecule has 0 aromatic rings. The summed E-state index contributed by atoms with van der Waals surface area (Å²) in [6.07, 6.45) is 0. The fourth-order valence-electron chi connectivity index (χ4n) is 1.16. The minimum absolute atomic E-state index is 0.477. The molecule has 0 radical (unpaired) electrons. The van der Waals surface area contributed by atoms with Gasteiger partial charge in [-0.2, -0.15) is 4.31 Å². The lowest BCUT2D eigenvalue weighted by Gasteiger charge is -2.20. The number of aliphatic hydroxyl groups excluding tert-OH is 4. The Morgan fingerprint density at radius 1 is 0.483 bits per heavy atom. The van der Waals surface area contributed by atoms with Crippen LogP contribution in [0.25, 0.3) is 0 Å². The highest BCUT2D eigenvalue weighted by atomic mass is 31.3. The summed E-state index contributed by atoms with van der Waals surface area (Å²) in [4.78, 5) is 0. The quantitative estimate of drug-likeness (QED) is 0.245. The summed E-state index contributed by atoms with van der Waals surface area (Å²) in [6, 6.07) is 0. The predicted molar refractivity (Wildman–Crippen MR) is 99.6 cm³/mol. The first kappa shape index (κ1) is 27.3. The van der Waals surface area contributed by atoms with Crippen LogP contribution >= 0.6 is 15.6 Å². The minimum Gasteiger partial charge on any atom is -0.384 e. The van der Waals surface area contributed by atoms with Gasteiger partial charge in [-0.1, -0.05) is 47.4 Å². The van der Waals surface area contributed by atoms with Gasteiger partial charge in [0.2, 0.25) is 0 Å². The summed E-state index contributed by atoms with van der Waals surface area (Å²) in [5.74, 6) is 18.1. The maximum atomic E-state index is 12.7. The molecule has 0 atom stereocenters.